The molecule has 0 saturated heterocycles. The molecule has 9 rings (SSSR count). The molecule has 6 aromatic carbocycles. The molecule has 4 nitrogen and oxygen atoms in total. The summed E-state index contributed by atoms with van der Waals surface area (Å²) < 4.78 is 4.70. The molecule has 0 saturated carbocycles. The highest BCUT2D eigenvalue weighted by Crippen LogP contribution is 2.37. The first-order chi connectivity index (χ1) is 20.8. The minimum absolute atomic E-state index is 0.933. The van der Waals surface area contributed by atoms with Gasteiger partial charge in [-0.3, -0.25) is 0 Å². The van der Waals surface area contributed by atoms with E-state index < -0.39 is 0 Å². The van der Waals surface area contributed by atoms with Gasteiger partial charge in [-0.2, -0.15) is 0 Å². The van der Waals surface area contributed by atoms with Crippen LogP contribution in [-0.2, 0) is 0 Å². The third-order valence-corrected chi connectivity index (χ3v) is 8.43. The summed E-state index contributed by atoms with van der Waals surface area (Å²) in [6, 6.07) is 47.5. The Morgan fingerprint density at radius 2 is 1.29 bits per heavy atom. The lowest BCUT2D eigenvalue weighted by Crippen LogP contribution is -1.96. The summed E-state index contributed by atoms with van der Waals surface area (Å²) in [6.07, 6.45) is 3.85. The van der Waals surface area contributed by atoms with Gasteiger partial charge in [0, 0.05) is 44.4 Å². The highest BCUT2D eigenvalue weighted by atomic mass is 15.0. The van der Waals surface area contributed by atoms with E-state index in [1.54, 1.807) is 6.33 Å². The van der Waals surface area contributed by atoms with E-state index >= 15 is 0 Å². The zero-order chi connectivity index (χ0) is 27.6. The molecule has 4 heteroatoms. The molecule has 0 unspecified atom stereocenters. The van der Waals surface area contributed by atoms with Gasteiger partial charge in [-0.25, -0.2) is 9.97 Å². The van der Waals surface area contributed by atoms with Gasteiger partial charge in [0.05, 0.1) is 33.4 Å². The smallest absolute Gasteiger partial charge is 0.116 e. The number of hydrogen-bond donors (Lipinski definition) is 0. The molecule has 0 spiro atoms. The van der Waals surface area contributed by atoms with Gasteiger partial charge < -0.3 is 9.13 Å². The second-order valence-electron chi connectivity index (χ2n) is 10.8. The van der Waals surface area contributed by atoms with E-state index in [1.807, 2.05) is 6.07 Å². The zero-order valence-electron chi connectivity index (χ0n) is 22.6. The first kappa shape index (κ1) is 23.0. The van der Waals surface area contributed by atoms with Crippen LogP contribution in [0.3, 0.4) is 0 Å². The monoisotopic (exact) mass is 536 g/mol. The van der Waals surface area contributed by atoms with E-state index in [2.05, 4.69) is 148 Å². The van der Waals surface area contributed by atoms with Crippen molar-refractivity contribution in [2.75, 3.05) is 0 Å². The van der Waals surface area contributed by atoms with Gasteiger partial charge in [0.25, 0.3) is 0 Å². The van der Waals surface area contributed by atoms with Crippen LogP contribution in [0, 0.1) is 0 Å². The fourth-order valence-corrected chi connectivity index (χ4v) is 6.51. The Morgan fingerprint density at radius 1 is 0.476 bits per heavy atom. The average molecular weight is 537 g/mol. The fourth-order valence-electron chi connectivity index (χ4n) is 6.51. The molecule has 0 bridgehead atoms. The number of aromatic nitrogens is 4. The van der Waals surface area contributed by atoms with Gasteiger partial charge in [-0.1, -0.05) is 84.9 Å². The van der Waals surface area contributed by atoms with Gasteiger partial charge in [-0.15, -0.1) is 0 Å². The molecule has 0 N–H and O–H groups in total. The average Bonchev–Trinajstić information content (AvgIpc) is 3.61. The standard InChI is InChI=1S/C38H24N4/c1-2-10-26(11-3-1)38-32-22-28(17-18-33(32)39-24-40-38)42-35-15-7-6-14-30(35)31-23-36-27(21-37(31)42)19-20-41(36)34-16-8-12-25-9-4-5-13-29(25)34/h1-24H. The predicted molar refractivity (Wildman–Crippen MR) is 174 cm³/mol. The lowest BCUT2D eigenvalue weighted by molar-refractivity contribution is 1.14. The molecule has 3 heterocycles. The summed E-state index contributed by atoms with van der Waals surface area (Å²) >= 11 is 0. The van der Waals surface area contributed by atoms with Crippen LogP contribution >= 0.6 is 0 Å². The van der Waals surface area contributed by atoms with Crippen molar-refractivity contribution in [2.24, 2.45) is 0 Å². The molecule has 0 fully saturated rings. The van der Waals surface area contributed by atoms with Crippen LogP contribution in [0.1, 0.15) is 0 Å². The predicted octanol–water partition coefficient (Wildman–Crippen LogP) is 9.49. The molecule has 42 heavy (non-hydrogen) atoms. The van der Waals surface area contributed by atoms with Crippen LogP contribution in [0.5, 0.6) is 0 Å². The Kier molecular flexibility index (Phi) is 4.87. The molecule has 0 amide bonds. The number of hydrogen-bond acceptors (Lipinski definition) is 2. The normalized spacial score (nSPS) is 11.8. The molecule has 196 valence electrons. The summed E-state index contributed by atoms with van der Waals surface area (Å²) in [5.74, 6) is 0. The van der Waals surface area contributed by atoms with Crippen LogP contribution in [0.4, 0.5) is 0 Å². The lowest BCUT2D eigenvalue weighted by Gasteiger charge is -2.12. The first-order valence-electron chi connectivity index (χ1n) is 14.2. The Hall–Kier alpha value is -5.74. The lowest BCUT2D eigenvalue weighted by atomic mass is 10.1. The number of benzene rings is 6. The van der Waals surface area contributed by atoms with E-state index in [4.69, 9.17) is 4.98 Å². The number of rotatable bonds is 3. The number of para-hydroxylation sites is 1. The fraction of sp³-hybridized carbons (Fsp3) is 0. The van der Waals surface area contributed by atoms with E-state index in [0.29, 0.717) is 0 Å². The minimum Gasteiger partial charge on any atom is -0.316 e. The van der Waals surface area contributed by atoms with Gasteiger partial charge in [-0.05, 0) is 53.9 Å². The highest BCUT2D eigenvalue weighted by molar-refractivity contribution is 6.14. The summed E-state index contributed by atoms with van der Waals surface area (Å²) in [4.78, 5) is 9.28. The maximum Gasteiger partial charge on any atom is 0.116 e. The van der Waals surface area contributed by atoms with Crippen LogP contribution in [-0.4, -0.2) is 19.1 Å². The van der Waals surface area contributed by atoms with E-state index in [1.165, 1.54) is 49.2 Å². The van der Waals surface area contributed by atoms with Crippen LogP contribution in [0.15, 0.2) is 146 Å². The van der Waals surface area contributed by atoms with Crippen molar-refractivity contribution >= 4 is 54.4 Å². The van der Waals surface area contributed by atoms with Gasteiger partial charge in [0.15, 0.2) is 0 Å². The SMILES string of the molecule is c1ccc(-c2ncnc3ccc(-n4c5ccccc5c5cc6c(ccn6-c6cccc7ccccc67)cc54)cc23)cc1. The van der Waals surface area contributed by atoms with Crippen molar-refractivity contribution in [3.63, 3.8) is 0 Å². The molecular formula is C38H24N4. The number of nitrogens with zero attached hydrogens (tertiary/aromatic N) is 4. The van der Waals surface area contributed by atoms with Crippen molar-refractivity contribution in [3.8, 4) is 22.6 Å². The van der Waals surface area contributed by atoms with Crippen molar-refractivity contribution in [1.82, 2.24) is 19.1 Å². The topological polar surface area (TPSA) is 35.6 Å². The second-order valence-corrected chi connectivity index (χ2v) is 10.8. The Bertz CT molecular complexity index is 2460. The Labute approximate surface area is 241 Å². The molecule has 0 atom stereocenters. The molecule has 3 aromatic heterocycles. The second kappa shape index (κ2) is 8.88. The zero-order valence-corrected chi connectivity index (χ0v) is 22.6. The first-order valence-corrected chi connectivity index (χ1v) is 14.2. The molecule has 0 radical (unpaired) electrons. The Balaban J connectivity index is 1.32. The third-order valence-electron chi connectivity index (χ3n) is 8.43. The molecular weight excluding hydrogens is 512 g/mol. The van der Waals surface area contributed by atoms with E-state index in [9.17, 15) is 0 Å². The third kappa shape index (κ3) is 3.36. The van der Waals surface area contributed by atoms with E-state index in [0.717, 1.165) is 27.8 Å². The van der Waals surface area contributed by atoms with Crippen LogP contribution in [0.25, 0.3) is 77.0 Å². The summed E-state index contributed by atoms with van der Waals surface area (Å²) in [5.41, 5.74) is 8.79. The maximum atomic E-state index is 4.70. The summed E-state index contributed by atoms with van der Waals surface area (Å²) in [6.45, 7) is 0. The molecule has 0 aliphatic heterocycles. The quantitative estimate of drug-likeness (QED) is 0.225. The van der Waals surface area contributed by atoms with Crippen LogP contribution < -0.4 is 0 Å². The molecule has 0 aliphatic carbocycles. The maximum absolute atomic E-state index is 4.70. The van der Waals surface area contributed by atoms with Gasteiger partial charge in [0.2, 0.25) is 0 Å². The van der Waals surface area contributed by atoms with E-state index in [-0.39, 0.29) is 0 Å². The van der Waals surface area contributed by atoms with Crippen molar-refractivity contribution in [2.45, 2.75) is 0 Å². The van der Waals surface area contributed by atoms with Crippen molar-refractivity contribution < 1.29 is 0 Å². The summed E-state index contributed by atoms with van der Waals surface area (Å²) in [5, 5.41) is 7.18. The molecule has 9 aromatic rings. The summed E-state index contributed by atoms with van der Waals surface area (Å²) in [7, 11) is 0. The van der Waals surface area contributed by atoms with Gasteiger partial charge in [0.1, 0.15) is 6.33 Å². The van der Waals surface area contributed by atoms with Crippen LogP contribution in [0.2, 0.25) is 0 Å². The number of fused-ring (bicyclic) bond motifs is 6. The highest BCUT2D eigenvalue weighted by Gasteiger charge is 2.17. The molecule has 0 aliphatic rings. The Morgan fingerprint density at radius 3 is 2.21 bits per heavy atom. The van der Waals surface area contributed by atoms with Crippen molar-refractivity contribution in [1.29, 1.82) is 0 Å². The van der Waals surface area contributed by atoms with Crippen molar-refractivity contribution in [3.05, 3.63) is 146 Å². The largest absolute Gasteiger partial charge is 0.316 e. The minimum atomic E-state index is 0.933. The van der Waals surface area contributed by atoms with Gasteiger partial charge >= 0.3 is 0 Å².